The minimum absolute atomic E-state index is 0.148. The van der Waals surface area contributed by atoms with Crippen molar-refractivity contribution in [2.45, 2.75) is 38.3 Å². The van der Waals surface area contributed by atoms with Gasteiger partial charge in [-0.1, -0.05) is 0 Å². The second kappa shape index (κ2) is 8.41. The number of piperidine rings is 1. The van der Waals surface area contributed by atoms with Crippen molar-refractivity contribution in [2.24, 2.45) is 13.0 Å². The Morgan fingerprint density at radius 3 is 2.82 bits per heavy atom. The number of nitrogens with zero attached hydrogens (tertiary/aromatic N) is 5. The number of amides is 1. The van der Waals surface area contributed by atoms with Crippen LogP contribution in [0.3, 0.4) is 0 Å². The lowest BCUT2D eigenvalue weighted by atomic mass is 9.99. The van der Waals surface area contributed by atoms with Crippen molar-refractivity contribution in [3.63, 3.8) is 0 Å². The fraction of sp³-hybridized carbons (Fsp3) is 0.588. The summed E-state index contributed by atoms with van der Waals surface area (Å²) in [5.41, 5.74) is 1.14. The predicted octanol–water partition coefficient (Wildman–Crippen LogP) is 0.958. The van der Waals surface area contributed by atoms with Crippen LogP contribution in [0.25, 0.3) is 0 Å². The van der Waals surface area contributed by atoms with Gasteiger partial charge in [0.2, 0.25) is 15.9 Å². The van der Waals surface area contributed by atoms with E-state index in [0.717, 1.165) is 0 Å². The molecule has 11 heteroatoms. The first-order valence-corrected chi connectivity index (χ1v) is 10.7. The Bertz CT molecular complexity index is 935. The fourth-order valence-electron chi connectivity index (χ4n) is 3.17. The smallest absolute Gasteiger partial charge is 0.246 e. The molecule has 1 atom stereocenters. The number of aryl methyl sites for hydroxylation is 1. The normalized spacial score (nSPS) is 18.3. The lowest BCUT2D eigenvalue weighted by Crippen LogP contribution is -2.43. The number of anilines is 1. The molecule has 2 aromatic rings. The van der Waals surface area contributed by atoms with Crippen LogP contribution in [0, 0.1) is 12.8 Å². The maximum atomic E-state index is 13.0. The highest BCUT2D eigenvalue weighted by atomic mass is 32.2. The summed E-state index contributed by atoms with van der Waals surface area (Å²) < 4.78 is 35.7. The van der Waals surface area contributed by atoms with E-state index >= 15 is 0 Å². The first-order valence-electron chi connectivity index (χ1n) is 9.22. The number of ether oxygens (including phenoxy) is 1. The van der Waals surface area contributed by atoms with Crippen LogP contribution in [0.15, 0.2) is 23.5 Å². The largest absolute Gasteiger partial charge is 0.360 e. The van der Waals surface area contributed by atoms with Crippen molar-refractivity contribution < 1.29 is 17.9 Å². The van der Waals surface area contributed by atoms with E-state index in [0.29, 0.717) is 44.1 Å². The molecule has 1 fully saturated rings. The molecule has 154 valence electrons. The van der Waals surface area contributed by atoms with Gasteiger partial charge < -0.3 is 10.1 Å². The third kappa shape index (κ3) is 4.26. The summed E-state index contributed by atoms with van der Waals surface area (Å²) in [7, 11) is -1.98. The van der Waals surface area contributed by atoms with Gasteiger partial charge in [-0.15, -0.1) is 0 Å². The van der Waals surface area contributed by atoms with E-state index in [2.05, 4.69) is 15.5 Å². The van der Waals surface area contributed by atoms with Gasteiger partial charge in [-0.25, -0.2) is 13.1 Å². The van der Waals surface area contributed by atoms with Crippen LogP contribution in [-0.4, -0.2) is 57.9 Å². The summed E-state index contributed by atoms with van der Waals surface area (Å²) in [4.78, 5) is 12.8. The van der Waals surface area contributed by atoms with Crippen LogP contribution in [0.5, 0.6) is 0 Å². The lowest BCUT2D eigenvalue weighted by Gasteiger charge is -2.31. The van der Waals surface area contributed by atoms with Gasteiger partial charge >= 0.3 is 0 Å². The average molecular weight is 411 g/mol. The van der Waals surface area contributed by atoms with Gasteiger partial charge in [0.15, 0.2) is 0 Å². The van der Waals surface area contributed by atoms with Crippen molar-refractivity contribution in [3.8, 4) is 0 Å². The molecular formula is C17H26N6O4S. The average Bonchev–Trinajstić information content (AvgIpc) is 3.27. The van der Waals surface area contributed by atoms with Crippen LogP contribution >= 0.6 is 0 Å². The molecule has 10 nitrogen and oxygen atoms in total. The van der Waals surface area contributed by atoms with E-state index in [-0.39, 0.29) is 17.3 Å². The molecule has 0 bridgehead atoms. The maximum Gasteiger partial charge on any atom is 0.246 e. The van der Waals surface area contributed by atoms with E-state index in [4.69, 9.17) is 4.74 Å². The molecule has 0 aliphatic carbocycles. The molecule has 1 N–H and O–H groups in total. The Hall–Kier alpha value is -2.24. The fourth-order valence-corrected chi connectivity index (χ4v) is 4.88. The van der Waals surface area contributed by atoms with E-state index in [1.54, 1.807) is 31.0 Å². The number of carbonyl (C=O) groups is 1. The lowest BCUT2D eigenvalue weighted by molar-refractivity contribution is -0.120. The van der Waals surface area contributed by atoms with Gasteiger partial charge in [-0.2, -0.15) is 14.5 Å². The Morgan fingerprint density at radius 1 is 1.36 bits per heavy atom. The summed E-state index contributed by atoms with van der Waals surface area (Å²) >= 11 is 0. The van der Waals surface area contributed by atoms with Crippen LogP contribution in [-0.2, 0) is 33.3 Å². The topological polar surface area (TPSA) is 111 Å². The number of aromatic nitrogens is 4. The third-order valence-electron chi connectivity index (χ3n) is 4.89. The number of hydrogen-bond donors (Lipinski definition) is 1. The quantitative estimate of drug-likeness (QED) is 0.728. The Balaban J connectivity index is 1.66. The van der Waals surface area contributed by atoms with E-state index < -0.39 is 15.9 Å². The van der Waals surface area contributed by atoms with Gasteiger partial charge in [0.1, 0.15) is 11.6 Å². The Morgan fingerprint density at radius 2 is 2.14 bits per heavy atom. The van der Waals surface area contributed by atoms with E-state index in [1.165, 1.54) is 15.2 Å². The van der Waals surface area contributed by atoms with Gasteiger partial charge in [0.25, 0.3) is 0 Å². The molecule has 1 amide bonds. The van der Waals surface area contributed by atoms with Crippen molar-refractivity contribution in [1.29, 1.82) is 0 Å². The zero-order chi connectivity index (χ0) is 20.3. The van der Waals surface area contributed by atoms with Crippen molar-refractivity contribution in [3.05, 3.63) is 24.3 Å². The number of sulfonamides is 1. The molecule has 1 saturated heterocycles. The second-order valence-electron chi connectivity index (χ2n) is 6.80. The highest BCUT2D eigenvalue weighted by molar-refractivity contribution is 7.89. The molecule has 1 aliphatic rings. The molecule has 1 aliphatic heterocycles. The van der Waals surface area contributed by atoms with Gasteiger partial charge in [-0.05, 0) is 26.7 Å². The number of hydrogen-bond acceptors (Lipinski definition) is 6. The first-order chi connectivity index (χ1) is 13.3. The third-order valence-corrected chi connectivity index (χ3v) is 6.86. The Labute approximate surface area is 164 Å². The van der Waals surface area contributed by atoms with Crippen LogP contribution < -0.4 is 5.32 Å². The minimum Gasteiger partial charge on any atom is -0.360 e. The standard InChI is InChI=1S/C17H26N6O4S/c1-4-27-12-22-11-15(8-19-22)20-17(24)14-6-5-7-23(10-14)28(25,26)16-9-18-21(3)13(16)2/h8-9,11,14H,4-7,10,12H2,1-3H3,(H,20,24)/t14-/m0/s1. The minimum atomic E-state index is -3.68. The number of carbonyl (C=O) groups excluding carboxylic acids is 1. The van der Waals surface area contributed by atoms with Crippen molar-refractivity contribution in [1.82, 2.24) is 23.9 Å². The maximum absolute atomic E-state index is 13.0. The zero-order valence-electron chi connectivity index (χ0n) is 16.3. The number of rotatable bonds is 7. The summed E-state index contributed by atoms with van der Waals surface area (Å²) in [6.07, 6.45) is 5.86. The molecule has 28 heavy (non-hydrogen) atoms. The Kier molecular flexibility index (Phi) is 6.16. The molecule has 0 unspecified atom stereocenters. The molecule has 0 radical (unpaired) electrons. The van der Waals surface area contributed by atoms with E-state index in [9.17, 15) is 13.2 Å². The van der Waals surface area contributed by atoms with E-state index in [1.807, 2.05) is 6.92 Å². The van der Waals surface area contributed by atoms with Crippen LogP contribution in [0.4, 0.5) is 5.69 Å². The molecule has 3 rings (SSSR count). The summed E-state index contributed by atoms with van der Waals surface area (Å²) in [6.45, 7) is 5.04. The van der Waals surface area contributed by atoms with Crippen LogP contribution in [0.2, 0.25) is 0 Å². The highest BCUT2D eigenvalue weighted by Crippen LogP contribution is 2.26. The second-order valence-corrected chi connectivity index (χ2v) is 8.71. The summed E-state index contributed by atoms with van der Waals surface area (Å²) in [5, 5.41) is 11.0. The SMILES string of the molecule is CCOCn1cc(NC(=O)[C@H]2CCCN(S(=O)(=O)c3cnn(C)c3C)C2)cn1. The van der Waals surface area contributed by atoms with Gasteiger partial charge in [-0.3, -0.25) is 9.48 Å². The first kappa shape index (κ1) is 20.5. The van der Waals surface area contributed by atoms with Crippen molar-refractivity contribution >= 4 is 21.6 Å². The number of nitrogens with one attached hydrogen (secondary N) is 1. The van der Waals surface area contributed by atoms with Gasteiger partial charge in [0.05, 0.1) is 35.9 Å². The molecule has 2 aromatic heterocycles. The monoisotopic (exact) mass is 410 g/mol. The molecular weight excluding hydrogens is 384 g/mol. The highest BCUT2D eigenvalue weighted by Gasteiger charge is 2.35. The molecule has 0 spiro atoms. The molecule has 0 saturated carbocycles. The van der Waals surface area contributed by atoms with Gasteiger partial charge in [0, 0.05) is 26.7 Å². The zero-order valence-corrected chi connectivity index (χ0v) is 17.1. The van der Waals surface area contributed by atoms with Crippen LogP contribution in [0.1, 0.15) is 25.5 Å². The molecule has 0 aromatic carbocycles. The summed E-state index contributed by atoms with van der Waals surface area (Å²) in [6, 6.07) is 0. The van der Waals surface area contributed by atoms with Crippen molar-refractivity contribution in [2.75, 3.05) is 25.0 Å². The predicted molar refractivity (Wildman–Crippen MR) is 102 cm³/mol. The molecule has 3 heterocycles. The summed E-state index contributed by atoms with van der Waals surface area (Å²) in [5.74, 6) is -0.630.